The van der Waals surface area contributed by atoms with Crippen molar-refractivity contribution in [2.45, 2.75) is 26.7 Å². The van der Waals surface area contributed by atoms with E-state index >= 15 is 0 Å². The second-order valence-electron chi connectivity index (χ2n) is 5.38. The lowest BCUT2D eigenvalue weighted by atomic mass is 10.1. The van der Waals surface area contributed by atoms with E-state index in [1.54, 1.807) is 12.3 Å². The van der Waals surface area contributed by atoms with Crippen molar-refractivity contribution in [3.05, 3.63) is 46.7 Å². The number of carbonyl (C=O) groups excluding carboxylic acids is 2. The minimum absolute atomic E-state index is 0.0218. The Balaban J connectivity index is 2.08. The van der Waals surface area contributed by atoms with Gasteiger partial charge in [0.25, 0.3) is 5.91 Å². The summed E-state index contributed by atoms with van der Waals surface area (Å²) in [6.45, 7) is 4.15. The van der Waals surface area contributed by atoms with E-state index in [4.69, 9.17) is 0 Å². The lowest BCUT2D eigenvalue weighted by Crippen LogP contribution is -2.39. The smallest absolute Gasteiger partial charge is 0.257 e. The van der Waals surface area contributed by atoms with Gasteiger partial charge in [0.2, 0.25) is 5.91 Å². The molecule has 24 heavy (non-hydrogen) atoms. The van der Waals surface area contributed by atoms with Crippen LogP contribution in [0.1, 0.15) is 35.0 Å². The van der Waals surface area contributed by atoms with Crippen molar-refractivity contribution in [1.82, 2.24) is 9.88 Å². The molecular formula is C17H20FN3O2S. The Morgan fingerprint density at radius 2 is 2.08 bits per heavy atom. The van der Waals surface area contributed by atoms with Crippen molar-refractivity contribution in [1.29, 1.82) is 0 Å². The molecule has 1 heterocycles. The van der Waals surface area contributed by atoms with Crippen LogP contribution in [0.25, 0.3) is 0 Å². The second kappa shape index (κ2) is 8.54. The number of anilines is 1. The summed E-state index contributed by atoms with van der Waals surface area (Å²) in [5.41, 5.74) is -0.0218. The highest BCUT2D eigenvalue weighted by Crippen LogP contribution is 2.17. The molecule has 2 amide bonds. The molecular weight excluding hydrogens is 329 g/mol. The van der Waals surface area contributed by atoms with Crippen LogP contribution >= 0.6 is 11.3 Å². The summed E-state index contributed by atoms with van der Waals surface area (Å²) >= 11 is 1.36. The first-order valence-corrected chi connectivity index (χ1v) is 8.59. The number of hydrogen-bond acceptors (Lipinski definition) is 4. The van der Waals surface area contributed by atoms with Gasteiger partial charge >= 0.3 is 0 Å². The van der Waals surface area contributed by atoms with Crippen LogP contribution in [0, 0.1) is 12.7 Å². The number of amides is 2. The molecule has 128 valence electrons. The maximum Gasteiger partial charge on any atom is 0.257 e. The quantitative estimate of drug-likeness (QED) is 0.832. The molecule has 0 fully saturated rings. The van der Waals surface area contributed by atoms with Crippen molar-refractivity contribution in [3.63, 3.8) is 0 Å². The Morgan fingerprint density at radius 1 is 1.33 bits per heavy atom. The van der Waals surface area contributed by atoms with Crippen LogP contribution in [-0.2, 0) is 4.79 Å². The summed E-state index contributed by atoms with van der Waals surface area (Å²) in [6.07, 6.45) is 3.28. The standard InChI is InChI=1S/C17H20FN3O2S/c1-3-4-9-21(16(23)13-7-5-6-8-14(13)18)11-15(22)20-17-19-10-12(2)24-17/h5-8,10H,3-4,9,11H2,1-2H3,(H,19,20,22). The number of nitrogens with one attached hydrogen (secondary N) is 1. The number of rotatable bonds is 7. The molecule has 0 atom stereocenters. The topological polar surface area (TPSA) is 62.3 Å². The van der Waals surface area contributed by atoms with Crippen LogP contribution in [0.15, 0.2) is 30.5 Å². The Morgan fingerprint density at radius 3 is 2.71 bits per heavy atom. The maximum atomic E-state index is 13.9. The molecule has 0 radical (unpaired) electrons. The predicted molar refractivity (Wildman–Crippen MR) is 92.7 cm³/mol. The van der Waals surface area contributed by atoms with Gasteiger partial charge in [-0.2, -0.15) is 0 Å². The molecule has 1 aromatic heterocycles. The minimum atomic E-state index is -0.583. The average Bonchev–Trinajstić information content (AvgIpc) is 2.96. The highest BCUT2D eigenvalue weighted by atomic mass is 32.1. The van der Waals surface area contributed by atoms with E-state index in [9.17, 15) is 14.0 Å². The molecule has 2 rings (SSSR count). The van der Waals surface area contributed by atoms with Gasteiger partial charge in [0.1, 0.15) is 12.4 Å². The molecule has 0 bridgehead atoms. The Labute approximate surface area is 144 Å². The number of carbonyl (C=O) groups is 2. The van der Waals surface area contributed by atoms with Crippen LogP contribution in [0.5, 0.6) is 0 Å². The normalized spacial score (nSPS) is 10.5. The molecule has 0 spiro atoms. The highest BCUT2D eigenvalue weighted by molar-refractivity contribution is 7.15. The second-order valence-corrected chi connectivity index (χ2v) is 6.62. The van der Waals surface area contributed by atoms with Gasteiger partial charge < -0.3 is 10.2 Å². The average molecular weight is 349 g/mol. The summed E-state index contributed by atoms with van der Waals surface area (Å²) in [7, 11) is 0. The van der Waals surface area contributed by atoms with E-state index < -0.39 is 11.7 Å². The molecule has 0 aliphatic rings. The summed E-state index contributed by atoms with van der Waals surface area (Å²) in [5, 5.41) is 3.16. The first-order chi connectivity index (χ1) is 11.5. The summed E-state index contributed by atoms with van der Waals surface area (Å²) < 4.78 is 13.9. The number of benzene rings is 1. The van der Waals surface area contributed by atoms with Gasteiger partial charge in [-0.3, -0.25) is 9.59 Å². The molecule has 0 saturated heterocycles. The van der Waals surface area contributed by atoms with E-state index in [2.05, 4.69) is 10.3 Å². The fraction of sp³-hybridized carbons (Fsp3) is 0.353. The highest BCUT2D eigenvalue weighted by Gasteiger charge is 2.21. The Kier molecular flexibility index (Phi) is 6.43. The zero-order valence-electron chi connectivity index (χ0n) is 13.7. The Bertz CT molecular complexity index is 717. The molecule has 2 aromatic rings. The van der Waals surface area contributed by atoms with E-state index in [-0.39, 0.29) is 18.0 Å². The van der Waals surface area contributed by atoms with Crippen LogP contribution in [0.4, 0.5) is 9.52 Å². The monoisotopic (exact) mass is 349 g/mol. The lowest BCUT2D eigenvalue weighted by molar-refractivity contribution is -0.116. The lowest BCUT2D eigenvalue weighted by Gasteiger charge is -2.22. The van der Waals surface area contributed by atoms with Gasteiger partial charge in [0, 0.05) is 17.6 Å². The van der Waals surface area contributed by atoms with E-state index in [0.29, 0.717) is 11.7 Å². The third-order valence-corrected chi connectivity index (χ3v) is 4.20. The van der Waals surface area contributed by atoms with Gasteiger partial charge in [-0.1, -0.05) is 25.5 Å². The van der Waals surface area contributed by atoms with Crippen LogP contribution < -0.4 is 5.32 Å². The maximum absolute atomic E-state index is 13.9. The number of aromatic nitrogens is 1. The summed E-state index contributed by atoms with van der Waals surface area (Å²) in [4.78, 5) is 31.2. The first kappa shape index (κ1) is 18.1. The number of halogens is 1. The molecule has 1 N–H and O–H groups in total. The first-order valence-electron chi connectivity index (χ1n) is 7.77. The van der Waals surface area contributed by atoms with Gasteiger partial charge in [0.05, 0.1) is 5.56 Å². The summed E-state index contributed by atoms with van der Waals surface area (Å²) in [5.74, 6) is -1.41. The van der Waals surface area contributed by atoms with Crippen molar-refractivity contribution in [2.75, 3.05) is 18.4 Å². The van der Waals surface area contributed by atoms with Crippen molar-refractivity contribution >= 4 is 28.3 Å². The minimum Gasteiger partial charge on any atom is -0.329 e. The fourth-order valence-corrected chi connectivity index (χ4v) is 2.83. The molecule has 0 unspecified atom stereocenters. The molecule has 0 aliphatic heterocycles. The van der Waals surface area contributed by atoms with E-state index in [0.717, 1.165) is 17.7 Å². The van der Waals surface area contributed by atoms with E-state index in [1.807, 2.05) is 13.8 Å². The van der Waals surface area contributed by atoms with Crippen molar-refractivity contribution in [3.8, 4) is 0 Å². The Hall–Kier alpha value is -2.28. The molecule has 5 nitrogen and oxygen atoms in total. The zero-order chi connectivity index (χ0) is 17.5. The molecule has 0 saturated carbocycles. The number of nitrogens with zero attached hydrogens (tertiary/aromatic N) is 2. The molecule has 7 heteroatoms. The predicted octanol–water partition coefficient (Wildman–Crippen LogP) is 3.47. The third-order valence-electron chi connectivity index (χ3n) is 3.38. The largest absolute Gasteiger partial charge is 0.329 e. The number of hydrogen-bond donors (Lipinski definition) is 1. The van der Waals surface area contributed by atoms with Crippen molar-refractivity contribution < 1.29 is 14.0 Å². The van der Waals surface area contributed by atoms with Crippen LogP contribution in [0.3, 0.4) is 0 Å². The van der Waals surface area contributed by atoms with E-state index in [1.165, 1.54) is 34.4 Å². The van der Waals surface area contributed by atoms with Gasteiger partial charge in [-0.25, -0.2) is 9.37 Å². The van der Waals surface area contributed by atoms with Gasteiger partial charge in [-0.15, -0.1) is 11.3 Å². The van der Waals surface area contributed by atoms with Crippen LogP contribution in [-0.4, -0.2) is 34.8 Å². The molecule has 1 aromatic carbocycles. The summed E-state index contributed by atoms with van der Waals surface area (Å²) in [6, 6.07) is 5.80. The van der Waals surface area contributed by atoms with Crippen LogP contribution in [0.2, 0.25) is 0 Å². The third kappa shape index (κ3) is 4.86. The van der Waals surface area contributed by atoms with Gasteiger partial charge in [-0.05, 0) is 25.5 Å². The fourth-order valence-electron chi connectivity index (χ4n) is 2.15. The molecule has 0 aliphatic carbocycles. The van der Waals surface area contributed by atoms with Gasteiger partial charge in [0.15, 0.2) is 5.13 Å². The van der Waals surface area contributed by atoms with Crippen molar-refractivity contribution in [2.24, 2.45) is 0 Å². The number of thiazole rings is 1. The number of aryl methyl sites for hydroxylation is 1. The zero-order valence-corrected chi connectivity index (χ0v) is 14.5. The SMILES string of the molecule is CCCCN(CC(=O)Nc1ncc(C)s1)C(=O)c1ccccc1F. The number of unbranched alkanes of at least 4 members (excludes halogenated alkanes) is 1.